The van der Waals surface area contributed by atoms with Crippen molar-refractivity contribution in [3.8, 4) is 11.1 Å². The molecule has 51 heavy (non-hydrogen) atoms. The van der Waals surface area contributed by atoms with Gasteiger partial charge in [0.15, 0.2) is 5.58 Å². The molecule has 4 aromatic carbocycles. The largest absolute Gasteiger partial charge is 0.403 e. The van der Waals surface area contributed by atoms with Crippen molar-refractivity contribution in [1.29, 1.82) is 0 Å². The van der Waals surface area contributed by atoms with Gasteiger partial charge in [0.1, 0.15) is 0 Å². The van der Waals surface area contributed by atoms with E-state index in [-0.39, 0.29) is 16.9 Å². The molecule has 2 aliphatic rings. The minimum absolute atomic E-state index is 0.0485. The Kier molecular flexibility index (Phi) is 11.0. The predicted molar refractivity (Wildman–Crippen MR) is 213 cm³/mol. The van der Waals surface area contributed by atoms with Gasteiger partial charge in [-0.15, -0.1) is 0 Å². The summed E-state index contributed by atoms with van der Waals surface area (Å²) < 4.78 is 13.6. The summed E-state index contributed by atoms with van der Waals surface area (Å²) in [4.78, 5) is 4.99. The van der Waals surface area contributed by atoms with Crippen LogP contribution in [0.1, 0.15) is 70.6 Å². The molecular weight excluding hydrogens is 643 g/mol. The summed E-state index contributed by atoms with van der Waals surface area (Å²) in [7, 11) is 2.85. The lowest BCUT2D eigenvalue weighted by molar-refractivity contribution is -0.0966. The van der Waals surface area contributed by atoms with Crippen LogP contribution in [0.2, 0.25) is 0 Å². The van der Waals surface area contributed by atoms with Gasteiger partial charge in [-0.05, 0) is 105 Å². The van der Waals surface area contributed by atoms with Crippen LogP contribution in [-0.4, -0.2) is 63.8 Å². The van der Waals surface area contributed by atoms with Gasteiger partial charge in [-0.2, -0.15) is 0 Å². The van der Waals surface area contributed by atoms with Crippen LogP contribution >= 0.6 is 0 Å². The summed E-state index contributed by atoms with van der Waals surface area (Å²) in [6.45, 7) is 11.5. The van der Waals surface area contributed by atoms with Gasteiger partial charge in [0.05, 0.1) is 11.8 Å². The van der Waals surface area contributed by atoms with Gasteiger partial charge >= 0.3 is 0 Å². The van der Waals surface area contributed by atoms with Gasteiger partial charge in [-0.3, -0.25) is 0 Å². The highest BCUT2D eigenvalue weighted by Gasteiger charge is 2.51. The average Bonchev–Trinajstić information content (AvgIpc) is 3.54. The van der Waals surface area contributed by atoms with Crippen LogP contribution < -0.4 is 10.4 Å². The third-order valence-corrected chi connectivity index (χ3v) is 13.6. The van der Waals surface area contributed by atoms with E-state index in [0.717, 1.165) is 43.1 Å². The molecule has 5 aromatic rings. The Labute approximate surface area is 307 Å². The summed E-state index contributed by atoms with van der Waals surface area (Å²) in [5.74, 6) is 0.718. The highest BCUT2D eigenvalue weighted by atomic mass is 28.3. The number of hydrogen-bond acceptors (Lipinski definition) is 5. The lowest BCUT2D eigenvalue weighted by atomic mass is 9.59. The zero-order valence-corrected chi connectivity index (χ0v) is 32.4. The molecule has 6 heteroatoms. The number of piperidine rings is 1. The molecular formula is C45H56N3O2Si. The van der Waals surface area contributed by atoms with E-state index in [1.165, 1.54) is 77.6 Å². The molecule has 7 rings (SSSR count). The Hall–Kier alpha value is -3.55. The quantitative estimate of drug-likeness (QED) is 0.115. The SMILES string of the molecule is CN(C)Cc1c(-c2ccccc2)ccc2c(CCC3CCN(CC4(C(O[Si](c5ccccc5)c5ccccc5)C(C)(C)C)CCC4)CC3)noc12. The van der Waals surface area contributed by atoms with E-state index >= 15 is 0 Å². The number of benzene rings is 4. The maximum atomic E-state index is 7.49. The van der Waals surface area contributed by atoms with Gasteiger partial charge in [0, 0.05) is 29.5 Å². The van der Waals surface area contributed by atoms with Gasteiger partial charge < -0.3 is 18.7 Å². The zero-order valence-electron chi connectivity index (χ0n) is 31.4. The van der Waals surface area contributed by atoms with E-state index in [9.17, 15) is 0 Å². The summed E-state index contributed by atoms with van der Waals surface area (Å²) in [5.41, 5.74) is 5.98. The second kappa shape index (κ2) is 15.6. The van der Waals surface area contributed by atoms with Crippen molar-refractivity contribution >= 4 is 30.4 Å². The first-order valence-corrected chi connectivity index (χ1v) is 20.6. The monoisotopic (exact) mass is 698 g/mol. The first-order chi connectivity index (χ1) is 24.7. The number of nitrogens with zero attached hydrogens (tertiary/aromatic N) is 3. The van der Waals surface area contributed by atoms with Crippen LogP contribution in [0.5, 0.6) is 0 Å². The second-order valence-electron chi connectivity index (χ2n) is 16.6. The van der Waals surface area contributed by atoms with Crippen molar-refractivity contribution in [3.05, 3.63) is 114 Å². The molecule has 0 bridgehead atoms. The summed E-state index contributed by atoms with van der Waals surface area (Å²) in [6, 6.07) is 37.1. The molecule has 5 nitrogen and oxygen atoms in total. The minimum Gasteiger partial charge on any atom is -0.403 e. The van der Waals surface area contributed by atoms with E-state index < -0.39 is 9.04 Å². The fourth-order valence-corrected chi connectivity index (χ4v) is 11.3. The van der Waals surface area contributed by atoms with Crippen LogP contribution in [0.25, 0.3) is 22.1 Å². The van der Waals surface area contributed by atoms with Crippen molar-refractivity contribution in [2.75, 3.05) is 33.7 Å². The van der Waals surface area contributed by atoms with Gasteiger partial charge in [-0.25, -0.2) is 0 Å². The van der Waals surface area contributed by atoms with Crippen molar-refractivity contribution in [1.82, 2.24) is 15.0 Å². The van der Waals surface area contributed by atoms with Crippen LogP contribution in [0.3, 0.4) is 0 Å². The van der Waals surface area contributed by atoms with Crippen LogP contribution in [0.4, 0.5) is 0 Å². The Balaban J connectivity index is 1.01. The molecule has 0 amide bonds. The maximum absolute atomic E-state index is 7.49. The second-order valence-corrected chi connectivity index (χ2v) is 18.6. The van der Waals surface area contributed by atoms with E-state index in [0.29, 0.717) is 0 Å². The molecule has 1 aromatic heterocycles. The highest BCUT2D eigenvalue weighted by Crippen LogP contribution is 2.51. The van der Waals surface area contributed by atoms with E-state index in [2.05, 4.69) is 153 Å². The van der Waals surface area contributed by atoms with Crippen molar-refractivity contribution in [3.63, 3.8) is 0 Å². The molecule has 1 saturated carbocycles. The van der Waals surface area contributed by atoms with Crippen LogP contribution in [0.15, 0.2) is 108 Å². The third-order valence-electron chi connectivity index (χ3n) is 11.4. The molecule has 1 aliphatic carbocycles. The smallest absolute Gasteiger partial charge is 0.283 e. The number of likely N-dealkylation sites (tertiary alicyclic amines) is 1. The first kappa shape index (κ1) is 35.8. The van der Waals surface area contributed by atoms with Crippen molar-refractivity contribution in [2.24, 2.45) is 16.7 Å². The zero-order chi connectivity index (χ0) is 35.4. The van der Waals surface area contributed by atoms with Gasteiger partial charge in [-0.1, -0.05) is 129 Å². The molecule has 1 radical (unpaired) electrons. The highest BCUT2D eigenvalue weighted by molar-refractivity contribution is 6.80. The first-order valence-electron chi connectivity index (χ1n) is 19.2. The molecule has 2 fully saturated rings. The maximum Gasteiger partial charge on any atom is 0.283 e. The standard InChI is InChI=1S/C45H56N3O2Si/c1-44(2,3)43(50-51(36-18-11-7-12-19-36)37-20-13-8-14-21-37)45(28-15-29-45)33-48-30-26-34(27-31-48)22-25-41-39-24-23-38(35-16-9-6-10-17-35)40(32-47(4)5)42(39)49-46-41/h6-14,16-21,23-24,34,43H,15,22,25-33H2,1-5H3. The fraction of sp³-hybridized carbons (Fsp3) is 0.444. The average molecular weight is 699 g/mol. The third kappa shape index (κ3) is 8.10. The Bertz CT molecular complexity index is 1800. The molecule has 0 spiro atoms. The number of aromatic nitrogens is 1. The Morgan fingerprint density at radius 2 is 1.47 bits per heavy atom. The summed E-state index contributed by atoms with van der Waals surface area (Å²) in [6.07, 6.45) is 8.66. The normalized spacial score (nSPS) is 17.6. The van der Waals surface area contributed by atoms with E-state index in [1.54, 1.807) is 0 Å². The van der Waals surface area contributed by atoms with Crippen LogP contribution in [0, 0.1) is 16.7 Å². The van der Waals surface area contributed by atoms with Crippen LogP contribution in [-0.2, 0) is 17.4 Å². The molecule has 1 unspecified atom stereocenters. The molecule has 267 valence electrons. The predicted octanol–water partition coefficient (Wildman–Crippen LogP) is 8.61. The summed E-state index contributed by atoms with van der Waals surface area (Å²) >= 11 is 0. The molecule has 1 saturated heterocycles. The minimum atomic E-state index is -1.39. The van der Waals surface area contributed by atoms with E-state index in [1.807, 2.05) is 0 Å². The lowest BCUT2D eigenvalue weighted by Crippen LogP contribution is -2.60. The Morgan fingerprint density at radius 1 is 0.863 bits per heavy atom. The number of aryl methyl sites for hydroxylation is 1. The van der Waals surface area contributed by atoms with Crippen molar-refractivity contribution in [2.45, 2.75) is 78.4 Å². The summed E-state index contributed by atoms with van der Waals surface area (Å²) in [5, 5.41) is 8.51. The Morgan fingerprint density at radius 3 is 2.02 bits per heavy atom. The lowest BCUT2D eigenvalue weighted by Gasteiger charge is -2.55. The molecule has 1 atom stereocenters. The molecule has 2 heterocycles. The fourth-order valence-electron chi connectivity index (χ4n) is 8.82. The number of rotatable bonds is 13. The number of hydrogen-bond donors (Lipinski definition) is 0. The van der Waals surface area contributed by atoms with Gasteiger partial charge in [0.25, 0.3) is 9.04 Å². The number of fused-ring (bicyclic) bond motifs is 1. The van der Waals surface area contributed by atoms with E-state index in [4.69, 9.17) is 8.95 Å². The van der Waals surface area contributed by atoms with Gasteiger partial charge in [0.2, 0.25) is 0 Å². The topological polar surface area (TPSA) is 41.7 Å². The molecule has 1 aliphatic heterocycles. The molecule has 0 N–H and O–H groups in total. The van der Waals surface area contributed by atoms with Crippen molar-refractivity contribution < 1.29 is 8.95 Å².